The lowest BCUT2D eigenvalue weighted by Gasteiger charge is -2.20. The molecule has 0 fully saturated rings. The first-order valence-corrected chi connectivity index (χ1v) is 9.29. The molecule has 3 aromatic rings. The number of hydrogen-bond donors (Lipinski definition) is 1. The highest BCUT2D eigenvalue weighted by Crippen LogP contribution is 2.21. The van der Waals surface area contributed by atoms with Gasteiger partial charge < -0.3 is 15.0 Å². The minimum Gasteiger partial charge on any atom is -0.491 e. The van der Waals surface area contributed by atoms with E-state index in [1.165, 1.54) is 6.33 Å². The number of nitrogens with one attached hydrogen (secondary N) is 1. The molecule has 0 aliphatic rings. The second kappa shape index (κ2) is 8.99. The fourth-order valence-corrected chi connectivity index (χ4v) is 2.77. The van der Waals surface area contributed by atoms with Crippen LogP contribution in [0.2, 0.25) is 0 Å². The molecule has 2 aromatic carbocycles. The minimum absolute atomic E-state index is 0.125. The van der Waals surface area contributed by atoms with Gasteiger partial charge in [-0.1, -0.05) is 18.2 Å². The van der Waals surface area contributed by atoms with E-state index in [0.29, 0.717) is 18.1 Å². The van der Waals surface area contributed by atoms with Crippen molar-refractivity contribution >= 4 is 23.1 Å². The van der Waals surface area contributed by atoms with Gasteiger partial charge >= 0.3 is 0 Å². The summed E-state index contributed by atoms with van der Waals surface area (Å²) in [6.45, 7) is 6.46. The molecular weight excluding hydrogens is 352 g/mol. The number of benzene rings is 2. The Morgan fingerprint density at radius 1 is 1.07 bits per heavy atom. The summed E-state index contributed by atoms with van der Waals surface area (Å²) in [7, 11) is 0. The molecule has 6 heteroatoms. The molecule has 1 aromatic heterocycles. The molecule has 0 unspecified atom stereocenters. The number of nitrogens with zero attached hydrogens (tertiary/aromatic N) is 3. The van der Waals surface area contributed by atoms with E-state index in [4.69, 9.17) is 4.74 Å². The normalized spacial score (nSPS) is 10.6. The first-order valence-electron chi connectivity index (χ1n) is 9.29. The molecule has 0 spiro atoms. The highest BCUT2D eigenvalue weighted by atomic mass is 16.5. The molecular formula is C22H24N4O2. The largest absolute Gasteiger partial charge is 0.491 e. The van der Waals surface area contributed by atoms with Gasteiger partial charge in [-0.2, -0.15) is 0 Å². The first-order chi connectivity index (χ1) is 13.6. The quantitative estimate of drug-likeness (QED) is 0.649. The van der Waals surface area contributed by atoms with Gasteiger partial charge in [-0.05, 0) is 57.2 Å². The third-order valence-electron chi connectivity index (χ3n) is 4.01. The standard InChI is InChI=1S/C22H24N4O2/c1-4-26(18-8-6-5-7-9-18)22(27)20-14-21(24-15-23-20)25-17-10-12-19(13-11-17)28-16(2)3/h5-16H,4H2,1-3H3,(H,23,24,25). The van der Waals surface area contributed by atoms with Crippen molar-refractivity contribution < 1.29 is 9.53 Å². The molecule has 0 saturated heterocycles. The van der Waals surface area contributed by atoms with Crippen LogP contribution in [0.1, 0.15) is 31.3 Å². The fraction of sp³-hybridized carbons (Fsp3) is 0.227. The summed E-state index contributed by atoms with van der Waals surface area (Å²) in [6, 6.07) is 18.8. The average molecular weight is 376 g/mol. The lowest BCUT2D eigenvalue weighted by atomic mass is 10.2. The van der Waals surface area contributed by atoms with E-state index < -0.39 is 0 Å². The van der Waals surface area contributed by atoms with Crippen LogP contribution in [0.5, 0.6) is 5.75 Å². The van der Waals surface area contributed by atoms with Crippen molar-refractivity contribution in [2.45, 2.75) is 26.9 Å². The lowest BCUT2D eigenvalue weighted by Crippen LogP contribution is -2.31. The molecule has 0 aliphatic carbocycles. The predicted molar refractivity (Wildman–Crippen MR) is 111 cm³/mol. The van der Waals surface area contributed by atoms with E-state index >= 15 is 0 Å². The number of ether oxygens (including phenoxy) is 1. The minimum atomic E-state index is -0.167. The van der Waals surface area contributed by atoms with Crippen LogP contribution >= 0.6 is 0 Å². The Labute approximate surface area is 165 Å². The van der Waals surface area contributed by atoms with Gasteiger partial charge in [0.15, 0.2) is 0 Å². The predicted octanol–water partition coefficient (Wildman–Crippen LogP) is 4.67. The van der Waals surface area contributed by atoms with Gasteiger partial charge in [0.1, 0.15) is 23.6 Å². The van der Waals surface area contributed by atoms with Gasteiger partial charge in [-0.15, -0.1) is 0 Å². The zero-order chi connectivity index (χ0) is 19.9. The van der Waals surface area contributed by atoms with Crippen molar-refractivity contribution in [3.63, 3.8) is 0 Å². The van der Waals surface area contributed by atoms with Gasteiger partial charge in [0, 0.05) is 24.0 Å². The van der Waals surface area contributed by atoms with Crippen LogP contribution in [0.15, 0.2) is 67.0 Å². The maximum absolute atomic E-state index is 12.9. The summed E-state index contributed by atoms with van der Waals surface area (Å²) in [4.78, 5) is 23.0. The third kappa shape index (κ3) is 4.85. The third-order valence-corrected chi connectivity index (χ3v) is 4.01. The molecule has 0 saturated carbocycles. The molecule has 1 N–H and O–H groups in total. The van der Waals surface area contributed by atoms with Gasteiger partial charge in [0.25, 0.3) is 5.91 Å². The van der Waals surface area contributed by atoms with Crippen molar-refractivity contribution in [1.82, 2.24) is 9.97 Å². The van der Waals surface area contributed by atoms with E-state index in [1.54, 1.807) is 11.0 Å². The summed E-state index contributed by atoms with van der Waals surface area (Å²) < 4.78 is 5.65. The van der Waals surface area contributed by atoms with Crippen molar-refractivity contribution in [2.24, 2.45) is 0 Å². The fourth-order valence-electron chi connectivity index (χ4n) is 2.77. The second-order valence-electron chi connectivity index (χ2n) is 6.49. The average Bonchev–Trinajstić information content (AvgIpc) is 2.71. The Kier molecular flexibility index (Phi) is 6.22. The Bertz CT molecular complexity index is 911. The van der Waals surface area contributed by atoms with Crippen molar-refractivity contribution in [3.8, 4) is 5.75 Å². The molecule has 0 aliphatic heterocycles. The Morgan fingerprint density at radius 3 is 2.43 bits per heavy atom. The summed E-state index contributed by atoms with van der Waals surface area (Å²) >= 11 is 0. The number of rotatable bonds is 7. The first kappa shape index (κ1) is 19.4. The molecule has 3 rings (SSSR count). The molecule has 0 radical (unpaired) electrons. The summed E-state index contributed by atoms with van der Waals surface area (Å²) in [6.07, 6.45) is 1.52. The number of aromatic nitrogens is 2. The molecule has 0 bridgehead atoms. The topological polar surface area (TPSA) is 67.4 Å². The molecule has 0 atom stereocenters. The number of amides is 1. The van der Waals surface area contributed by atoms with Crippen LogP contribution in [0.4, 0.5) is 17.2 Å². The smallest absolute Gasteiger partial charge is 0.277 e. The highest BCUT2D eigenvalue weighted by molar-refractivity contribution is 6.05. The van der Waals surface area contributed by atoms with Crippen LogP contribution in [0.25, 0.3) is 0 Å². The van der Waals surface area contributed by atoms with Crippen LogP contribution in [0, 0.1) is 0 Å². The van der Waals surface area contributed by atoms with Gasteiger partial charge in [0.05, 0.1) is 6.10 Å². The zero-order valence-electron chi connectivity index (χ0n) is 16.3. The molecule has 6 nitrogen and oxygen atoms in total. The molecule has 1 heterocycles. The number of anilines is 3. The van der Waals surface area contributed by atoms with Crippen molar-refractivity contribution in [2.75, 3.05) is 16.8 Å². The number of carbonyl (C=O) groups is 1. The van der Waals surface area contributed by atoms with Crippen molar-refractivity contribution in [3.05, 3.63) is 72.7 Å². The summed E-state index contributed by atoms with van der Waals surface area (Å²) in [5, 5.41) is 3.20. The summed E-state index contributed by atoms with van der Waals surface area (Å²) in [5.74, 6) is 1.19. The maximum Gasteiger partial charge on any atom is 0.277 e. The Balaban J connectivity index is 1.75. The molecule has 144 valence electrons. The maximum atomic E-state index is 12.9. The lowest BCUT2D eigenvalue weighted by molar-refractivity contribution is 0.0983. The highest BCUT2D eigenvalue weighted by Gasteiger charge is 2.18. The Hall–Kier alpha value is -3.41. The zero-order valence-corrected chi connectivity index (χ0v) is 16.3. The second-order valence-corrected chi connectivity index (χ2v) is 6.49. The van der Waals surface area contributed by atoms with E-state index in [0.717, 1.165) is 17.1 Å². The van der Waals surface area contributed by atoms with Crippen LogP contribution < -0.4 is 15.0 Å². The summed E-state index contributed by atoms with van der Waals surface area (Å²) in [5.41, 5.74) is 2.02. The number of hydrogen-bond acceptors (Lipinski definition) is 5. The van der Waals surface area contributed by atoms with Crippen LogP contribution in [0.3, 0.4) is 0 Å². The molecule has 28 heavy (non-hydrogen) atoms. The van der Waals surface area contributed by atoms with Gasteiger partial charge in [-0.3, -0.25) is 4.79 Å². The van der Waals surface area contributed by atoms with E-state index in [1.807, 2.05) is 75.4 Å². The van der Waals surface area contributed by atoms with Gasteiger partial charge in [-0.25, -0.2) is 9.97 Å². The Morgan fingerprint density at radius 2 is 1.79 bits per heavy atom. The van der Waals surface area contributed by atoms with Crippen LogP contribution in [-0.4, -0.2) is 28.5 Å². The van der Waals surface area contributed by atoms with Crippen LogP contribution in [-0.2, 0) is 0 Å². The van der Waals surface area contributed by atoms with Crippen molar-refractivity contribution in [1.29, 1.82) is 0 Å². The number of para-hydroxylation sites is 1. The monoisotopic (exact) mass is 376 g/mol. The van der Waals surface area contributed by atoms with E-state index in [-0.39, 0.29) is 12.0 Å². The molecule has 1 amide bonds. The van der Waals surface area contributed by atoms with E-state index in [2.05, 4.69) is 15.3 Å². The SMILES string of the molecule is CCN(C(=O)c1cc(Nc2ccc(OC(C)C)cc2)ncn1)c1ccccc1. The van der Waals surface area contributed by atoms with Gasteiger partial charge in [0.2, 0.25) is 0 Å². The number of carbonyl (C=O) groups excluding carboxylic acids is 1. The van der Waals surface area contributed by atoms with E-state index in [9.17, 15) is 4.79 Å².